The van der Waals surface area contributed by atoms with Crippen LogP contribution in [0.5, 0.6) is 0 Å². The molecule has 0 fully saturated rings. The van der Waals surface area contributed by atoms with E-state index in [9.17, 15) is 13.2 Å². The molecule has 1 aromatic heterocycles. The van der Waals surface area contributed by atoms with Crippen molar-refractivity contribution in [3.8, 4) is 0 Å². The topological polar surface area (TPSA) is 93.4 Å². The van der Waals surface area contributed by atoms with E-state index in [1.54, 1.807) is 0 Å². The van der Waals surface area contributed by atoms with Crippen LogP contribution in [0.3, 0.4) is 0 Å². The third-order valence-electron chi connectivity index (χ3n) is 2.48. The summed E-state index contributed by atoms with van der Waals surface area (Å²) in [7, 11) is -3.91. The zero-order chi connectivity index (χ0) is 15.3. The predicted octanol–water partition coefficient (Wildman–Crippen LogP) is 1.77. The average molecular weight is 385 g/mol. The Balaban J connectivity index is 3.20. The molecule has 1 aromatic rings. The van der Waals surface area contributed by atoms with Gasteiger partial charge in [-0.05, 0) is 28.4 Å². The SMILES string of the molecule is CCCCN(CC(N)=O)S(=O)(=O)c1cc(Br)cnc1Cl. The maximum atomic E-state index is 12.5. The number of amides is 1. The van der Waals surface area contributed by atoms with E-state index in [1.807, 2.05) is 6.92 Å². The van der Waals surface area contributed by atoms with Gasteiger partial charge in [0.15, 0.2) is 0 Å². The zero-order valence-corrected chi connectivity index (χ0v) is 14.0. The molecule has 6 nitrogen and oxygen atoms in total. The highest BCUT2D eigenvalue weighted by Crippen LogP contribution is 2.25. The Morgan fingerprint density at radius 3 is 2.75 bits per heavy atom. The molecule has 0 aliphatic rings. The lowest BCUT2D eigenvalue weighted by Gasteiger charge is -2.21. The Bertz CT molecular complexity index is 595. The number of sulfonamides is 1. The van der Waals surface area contributed by atoms with Gasteiger partial charge in [0, 0.05) is 17.2 Å². The Kier molecular flexibility index (Phi) is 6.38. The van der Waals surface area contributed by atoms with E-state index < -0.39 is 15.9 Å². The molecule has 0 unspecified atom stereocenters. The summed E-state index contributed by atoms with van der Waals surface area (Å²) in [5, 5.41) is -0.140. The highest BCUT2D eigenvalue weighted by molar-refractivity contribution is 9.10. The summed E-state index contributed by atoms with van der Waals surface area (Å²) in [6.07, 6.45) is 2.80. The number of unbranched alkanes of at least 4 members (excludes halogenated alkanes) is 1. The first-order valence-electron chi connectivity index (χ1n) is 5.88. The number of nitrogens with zero attached hydrogens (tertiary/aromatic N) is 2. The number of hydrogen-bond donors (Lipinski definition) is 1. The monoisotopic (exact) mass is 383 g/mol. The smallest absolute Gasteiger partial charge is 0.246 e. The number of pyridine rings is 1. The van der Waals surface area contributed by atoms with E-state index in [0.717, 1.165) is 10.7 Å². The first-order chi connectivity index (χ1) is 9.28. The van der Waals surface area contributed by atoms with Crippen molar-refractivity contribution in [2.75, 3.05) is 13.1 Å². The molecule has 0 atom stereocenters. The Labute approximate surface area is 131 Å². The normalized spacial score (nSPS) is 11.8. The summed E-state index contributed by atoms with van der Waals surface area (Å²) in [6.45, 7) is 1.73. The minimum atomic E-state index is -3.91. The minimum Gasteiger partial charge on any atom is -0.369 e. The fourth-order valence-electron chi connectivity index (χ4n) is 1.52. The molecule has 1 rings (SSSR count). The molecule has 2 N–H and O–H groups in total. The van der Waals surface area contributed by atoms with Gasteiger partial charge < -0.3 is 5.73 Å². The van der Waals surface area contributed by atoms with Crippen LogP contribution in [0.1, 0.15) is 19.8 Å². The van der Waals surface area contributed by atoms with Gasteiger partial charge in [-0.15, -0.1) is 0 Å². The molecule has 20 heavy (non-hydrogen) atoms. The predicted molar refractivity (Wildman–Crippen MR) is 79.8 cm³/mol. The largest absolute Gasteiger partial charge is 0.369 e. The number of carbonyl (C=O) groups is 1. The number of halogens is 2. The van der Waals surface area contributed by atoms with Crippen molar-refractivity contribution in [3.05, 3.63) is 21.9 Å². The van der Waals surface area contributed by atoms with E-state index in [2.05, 4.69) is 20.9 Å². The summed E-state index contributed by atoms with van der Waals surface area (Å²) in [4.78, 5) is 14.7. The van der Waals surface area contributed by atoms with Gasteiger partial charge in [-0.25, -0.2) is 13.4 Å². The van der Waals surface area contributed by atoms with Crippen molar-refractivity contribution in [3.63, 3.8) is 0 Å². The van der Waals surface area contributed by atoms with Crippen molar-refractivity contribution >= 4 is 43.5 Å². The molecular weight excluding hydrogens is 370 g/mol. The van der Waals surface area contributed by atoms with Crippen molar-refractivity contribution in [1.29, 1.82) is 0 Å². The Morgan fingerprint density at radius 2 is 2.20 bits per heavy atom. The number of carbonyl (C=O) groups excluding carboxylic acids is 1. The molecule has 0 bridgehead atoms. The van der Waals surface area contributed by atoms with E-state index in [0.29, 0.717) is 10.9 Å². The molecule has 1 amide bonds. The highest BCUT2D eigenvalue weighted by Gasteiger charge is 2.28. The fraction of sp³-hybridized carbons (Fsp3) is 0.455. The van der Waals surface area contributed by atoms with E-state index >= 15 is 0 Å². The maximum absolute atomic E-state index is 12.5. The van der Waals surface area contributed by atoms with Gasteiger partial charge in [0.1, 0.15) is 10.0 Å². The van der Waals surface area contributed by atoms with Gasteiger partial charge in [-0.3, -0.25) is 4.79 Å². The quantitative estimate of drug-likeness (QED) is 0.725. The highest BCUT2D eigenvalue weighted by atomic mass is 79.9. The van der Waals surface area contributed by atoms with E-state index in [1.165, 1.54) is 12.3 Å². The van der Waals surface area contributed by atoms with Crippen LogP contribution in [0, 0.1) is 0 Å². The average Bonchev–Trinajstić information content (AvgIpc) is 2.36. The van der Waals surface area contributed by atoms with Gasteiger partial charge in [0.05, 0.1) is 6.54 Å². The molecule has 112 valence electrons. The summed E-state index contributed by atoms with van der Waals surface area (Å²) in [6, 6.07) is 1.35. The summed E-state index contributed by atoms with van der Waals surface area (Å²) in [5.41, 5.74) is 5.10. The van der Waals surface area contributed by atoms with Crippen LogP contribution in [0.25, 0.3) is 0 Å². The molecule has 1 heterocycles. The third kappa shape index (κ3) is 4.41. The van der Waals surface area contributed by atoms with Crippen LogP contribution in [0.15, 0.2) is 21.6 Å². The number of nitrogens with two attached hydrogens (primary N) is 1. The van der Waals surface area contributed by atoms with Gasteiger partial charge in [-0.1, -0.05) is 24.9 Å². The van der Waals surface area contributed by atoms with Gasteiger partial charge in [0.25, 0.3) is 0 Å². The molecule has 0 spiro atoms. The third-order valence-corrected chi connectivity index (χ3v) is 5.19. The summed E-state index contributed by atoms with van der Waals surface area (Å²) < 4.78 is 26.5. The van der Waals surface area contributed by atoms with Gasteiger partial charge in [-0.2, -0.15) is 4.31 Å². The van der Waals surface area contributed by atoms with Crippen LogP contribution in [0.2, 0.25) is 5.15 Å². The Morgan fingerprint density at radius 1 is 1.55 bits per heavy atom. The van der Waals surface area contributed by atoms with Crippen LogP contribution in [0.4, 0.5) is 0 Å². The van der Waals surface area contributed by atoms with Crippen LogP contribution in [-0.4, -0.2) is 36.7 Å². The second-order valence-electron chi connectivity index (χ2n) is 4.10. The number of rotatable bonds is 7. The lowest BCUT2D eigenvalue weighted by molar-refractivity contribution is -0.118. The second kappa shape index (κ2) is 7.35. The summed E-state index contributed by atoms with van der Waals surface area (Å²) >= 11 is 8.99. The molecule has 0 aromatic carbocycles. The van der Waals surface area contributed by atoms with Crippen LogP contribution >= 0.6 is 27.5 Å². The maximum Gasteiger partial charge on any atom is 0.246 e. The van der Waals surface area contributed by atoms with Crippen molar-refractivity contribution in [1.82, 2.24) is 9.29 Å². The van der Waals surface area contributed by atoms with E-state index in [-0.39, 0.29) is 23.1 Å². The first-order valence-corrected chi connectivity index (χ1v) is 8.49. The molecule has 9 heteroatoms. The van der Waals surface area contributed by atoms with Crippen molar-refractivity contribution in [2.45, 2.75) is 24.7 Å². The minimum absolute atomic E-state index is 0.140. The molecule has 0 radical (unpaired) electrons. The molecule has 0 aliphatic carbocycles. The lowest BCUT2D eigenvalue weighted by Crippen LogP contribution is -2.39. The summed E-state index contributed by atoms with van der Waals surface area (Å²) in [5.74, 6) is -0.719. The van der Waals surface area contributed by atoms with Gasteiger partial charge in [0.2, 0.25) is 15.9 Å². The zero-order valence-electron chi connectivity index (χ0n) is 10.8. The van der Waals surface area contributed by atoms with Crippen molar-refractivity contribution < 1.29 is 13.2 Å². The number of hydrogen-bond acceptors (Lipinski definition) is 4. The first kappa shape index (κ1) is 17.4. The van der Waals surface area contributed by atoms with Crippen molar-refractivity contribution in [2.24, 2.45) is 5.73 Å². The van der Waals surface area contributed by atoms with E-state index in [4.69, 9.17) is 17.3 Å². The van der Waals surface area contributed by atoms with Crippen LogP contribution < -0.4 is 5.73 Å². The lowest BCUT2D eigenvalue weighted by atomic mass is 10.3. The molecule has 0 saturated carbocycles. The number of aromatic nitrogens is 1. The van der Waals surface area contributed by atoms with Gasteiger partial charge >= 0.3 is 0 Å². The fourth-order valence-corrected chi connectivity index (χ4v) is 3.88. The second-order valence-corrected chi connectivity index (χ2v) is 7.28. The van der Waals surface area contributed by atoms with Crippen LogP contribution in [-0.2, 0) is 14.8 Å². The Hall–Kier alpha value is -0.700. The standard InChI is InChI=1S/C11H15BrClN3O3S/c1-2-3-4-16(7-10(14)17)20(18,19)9-5-8(12)6-15-11(9)13/h5-6H,2-4,7H2,1H3,(H2,14,17). The molecule has 0 saturated heterocycles. The molecule has 0 aliphatic heterocycles. The number of primary amides is 1. The molecular formula is C11H15BrClN3O3S.